The summed E-state index contributed by atoms with van der Waals surface area (Å²) in [5.74, 6) is 0.430. The third kappa shape index (κ3) is 4.02. The largest absolute Gasteiger partial charge is 0.451 e. The van der Waals surface area contributed by atoms with E-state index in [4.69, 9.17) is 27.6 Å². The molecule has 0 aliphatic heterocycles. The summed E-state index contributed by atoms with van der Waals surface area (Å²) in [4.78, 5) is 12.5. The van der Waals surface area contributed by atoms with Gasteiger partial charge in [-0.25, -0.2) is 0 Å². The van der Waals surface area contributed by atoms with E-state index in [1.165, 1.54) is 0 Å². The van der Waals surface area contributed by atoms with Crippen LogP contribution in [0.1, 0.15) is 21.7 Å². The molecule has 25 heavy (non-hydrogen) atoms. The summed E-state index contributed by atoms with van der Waals surface area (Å²) < 4.78 is 6.84. The van der Waals surface area contributed by atoms with Crippen LogP contribution in [0.3, 0.4) is 0 Å². The van der Waals surface area contributed by atoms with Gasteiger partial charge in [-0.15, -0.1) is 0 Å². The van der Waals surface area contributed by atoms with Crippen molar-refractivity contribution in [3.8, 4) is 11.3 Å². The highest BCUT2D eigenvalue weighted by Gasteiger charge is 2.15. The molecule has 0 aliphatic carbocycles. The summed E-state index contributed by atoms with van der Waals surface area (Å²) in [6, 6.07) is 12.5. The molecule has 2 aromatic carbocycles. The molecule has 0 bridgehead atoms. The number of amides is 1. The molecule has 0 saturated heterocycles. The van der Waals surface area contributed by atoms with E-state index in [1.54, 1.807) is 30.3 Å². The zero-order valence-corrected chi connectivity index (χ0v) is 17.2. The summed E-state index contributed by atoms with van der Waals surface area (Å²) in [7, 11) is 0. The minimum Gasteiger partial charge on any atom is -0.451 e. The van der Waals surface area contributed by atoms with Gasteiger partial charge in [-0.3, -0.25) is 4.79 Å². The quantitative estimate of drug-likeness (QED) is 0.418. The Morgan fingerprint density at radius 2 is 1.80 bits per heavy atom. The Morgan fingerprint density at radius 3 is 2.52 bits per heavy atom. The van der Waals surface area contributed by atoms with Crippen LogP contribution >= 0.6 is 45.8 Å². The summed E-state index contributed by atoms with van der Waals surface area (Å²) in [5, 5.41) is 3.91. The molecular formula is C19H14Cl2INO2. The highest BCUT2D eigenvalue weighted by Crippen LogP contribution is 2.32. The molecule has 3 rings (SSSR count). The molecule has 1 aromatic heterocycles. The van der Waals surface area contributed by atoms with Crippen LogP contribution in [0.4, 0.5) is 5.69 Å². The average molecular weight is 486 g/mol. The van der Waals surface area contributed by atoms with Crippen molar-refractivity contribution in [2.24, 2.45) is 0 Å². The van der Waals surface area contributed by atoms with Gasteiger partial charge < -0.3 is 9.73 Å². The van der Waals surface area contributed by atoms with Crippen LogP contribution in [0.5, 0.6) is 0 Å². The number of nitrogens with one attached hydrogen (secondary N) is 1. The van der Waals surface area contributed by atoms with Gasteiger partial charge in [0, 0.05) is 19.8 Å². The first kappa shape index (κ1) is 18.3. The first-order chi connectivity index (χ1) is 11.8. The van der Waals surface area contributed by atoms with Gasteiger partial charge >= 0.3 is 0 Å². The third-order valence-electron chi connectivity index (χ3n) is 3.78. The molecule has 128 valence electrons. The van der Waals surface area contributed by atoms with Crippen LogP contribution in [0.2, 0.25) is 10.0 Å². The Kier molecular flexibility index (Phi) is 5.41. The average Bonchev–Trinajstić information content (AvgIpc) is 3.02. The van der Waals surface area contributed by atoms with E-state index in [2.05, 4.69) is 27.9 Å². The van der Waals surface area contributed by atoms with Crippen molar-refractivity contribution in [2.45, 2.75) is 13.8 Å². The molecule has 6 heteroatoms. The van der Waals surface area contributed by atoms with Crippen LogP contribution < -0.4 is 5.32 Å². The number of aryl methyl sites for hydroxylation is 2. The standard InChI is InChI=1S/C19H14Cl2INO2/c1-10-8-16(11(2)7-15(10)22)23-19(24)18-6-5-17(25-18)13-4-3-12(20)9-14(13)21/h3-9H,1-2H3,(H,23,24). The Labute approximate surface area is 169 Å². The summed E-state index contributed by atoms with van der Waals surface area (Å²) in [5.41, 5.74) is 3.56. The molecule has 1 heterocycles. The van der Waals surface area contributed by atoms with Gasteiger partial charge in [0.15, 0.2) is 5.76 Å². The molecule has 0 radical (unpaired) electrons. The van der Waals surface area contributed by atoms with Gasteiger partial charge in [0.05, 0.1) is 5.02 Å². The SMILES string of the molecule is Cc1cc(NC(=O)c2ccc(-c3ccc(Cl)cc3Cl)o2)c(C)cc1I. The van der Waals surface area contributed by atoms with Gasteiger partial charge in [-0.05, 0) is 90.0 Å². The summed E-state index contributed by atoms with van der Waals surface area (Å²) in [6.07, 6.45) is 0. The first-order valence-corrected chi connectivity index (χ1v) is 9.32. The number of rotatable bonds is 3. The molecule has 0 saturated carbocycles. The van der Waals surface area contributed by atoms with Crippen molar-refractivity contribution >= 4 is 57.4 Å². The van der Waals surface area contributed by atoms with Crippen molar-refractivity contribution in [2.75, 3.05) is 5.32 Å². The smallest absolute Gasteiger partial charge is 0.291 e. The highest BCUT2D eigenvalue weighted by atomic mass is 127. The van der Waals surface area contributed by atoms with E-state index in [1.807, 2.05) is 26.0 Å². The Balaban J connectivity index is 1.85. The molecule has 0 spiro atoms. The molecule has 3 aromatic rings. The molecule has 0 fully saturated rings. The fraction of sp³-hybridized carbons (Fsp3) is 0.105. The fourth-order valence-corrected chi connectivity index (χ4v) is 3.52. The molecule has 0 unspecified atom stereocenters. The molecule has 0 atom stereocenters. The molecule has 1 N–H and O–H groups in total. The lowest BCUT2D eigenvalue weighted by molar-refractivity contribution is 0.0997. The number of carbonyl (C=O) groups excluding carboxylic acids is 1. The Morgan fingerprint density at radius 1 is 1.04 bits per heavy atom. The summed E-state index contributed by atoms with van der Waals surface area (Å²) >= 11 is 14.4. The lowest BCUT2D eigenvalue weighted by Crippen LogP contribution is -2.12. The molecule has 0 aliphatic rings. The van der Waals surface area contributed by atoms with Crippen molar-refractivity contribution in [3.05, 3.63) is 73.0 Å². The van der Waals surface area contributed by atoms with Crippen molar-refractivity contribution in [3.63, 3.8) is 0 Å². The zero-order valence-electron chi connectivity index (χ0n) is 13.5. The number of hydrogen-bond donors (Lipinski definition) is 1. The topological polar surface area (TPSA) is 42.2 Å². The van der Waals surface area contributed by atoms with Crippen LogP contribution in [0, 0.1) is 17.4 Å². The number of carbonyl (C=O) groups is 1. The van der Waals surface area contributed by atoms with Crippen molar-refractivity contribution in [1.82, 2.24) is 0 Å². The van der Waals surface area contributed by atoms with Gasteiger partial charge in [-0.1, -0.05) is 23.2 Å². The maximum Gasteiger partial charge on any atom is 0.291 e. The van der Waals surface area contributed by atoms with Crippen LogP contribution in [0.15, 0.2) is 46.9 Å². The Hall–Kier alpha value is -1.50. The van der Waals surface area contributed by atoms with Crippen molar-refractivity contribution < 1.29 is 9.21 Å². The van der Waals surface area contributed by atoms with E-state index in [-0.39, 0.29) is 11.7 Å². The van der Waals surface area contributed by atoms with E-state index >= 15 is 0 Å². The maximum absolute atomic E-state index is 12.5. The fourth-order valence-electron chi connectivity index (χ4n) is 2.39. The van der Waals surface area contributed by atoms with Crippen molar-refractivity contribution in [1.29, 1.82) is 0 Å². The van der Waals surface area contributed by atoms with Gasteiger partial charge in [0.1, 0.15) is 5.76 Å². The normalized spacial score (nSPS) is 10.8. The maximum atomic E-state index is 12.5. The monoisotopic (exact) mass is 485 g/mol. The van der Waals surface area contributed by atoms with Crippen LogP contribution in [-0.2, 0) is 0 Å². The number of halogens is 3. The van der Waals surface area contributed by atoms with E-state index in [9.17, 15) is 4.79 Å². The second-order valence-electron chi connectivity index (χ2n) is 5.66. The second-order valence-corrected chi connectivity index (χ2v) is 7.66. The second kappa shape index (κ2) is 7.40. The lowest BCUT2D eigenvalue weighted by Gasteiger charge is -2.09. The predicted octanol–water partition coefficient (Wildman–Crippen LogP) is 6.73. The lowest BCUT2D eigenvalue weighted by atomic mass is 10.1. The third-order valence-corrected chi connectivity index (χ3v) is 5.49. The van der Waals surface area contributed by atoms with Gasteiger partial charge in [0.25, 0.3) is 5.91 Å². The number of hydrogen-bond acceptors (Lipinski definition) is 2. The van der Waals surface area contributed by atoms with Gasteiger partial charge in [0.2, 0.25) is 0 Å². The minimum atomic E-state index is -0.306. The van der Waals surface area contributed by atoms with E-state index in [0.29, 0.717) is 21.4 Å². The molecule has 3 nitrogen and oxygen atoms in total. The summed E-state index contributed by atoms with van der Waals surface area (Å²) in [6.45, 7) is 3.96. The Bertz CT molecular complexity index is 966. The van der Waals surface area contributed by atoms with Gasteiger partial charge in [-0.2, -0.15) is 0 Å². The van der Waals surface area contributed by atoms with Crippen LogP contribution in [0.25, 0.3) is 11.3 Å². The minimum absolute atomic E-state index is 0.219. The van der Waals surface area contributed by atoms with E-state index in [0.717, 1.165) is 20.4 Å². The first-order valence-electron chi connectivity index (χ1n) is 7.48. The predicted molar refractivity (Wildman–Crippen MR) is 111 cm³/mol. The number of benzene rings is 2. The zero-order chi connectivity index (χ0) is 18.1. The number of anilines is 1. The van der Waals surface area contributed by atoms with Crippen LogP contribution in [-0.4, -0.2) is 5.91 Å². The molecule has 1 amide bonds. The highest BCUT2D eigenvalue weighted by molar-refractivity contribution is 14.1. The number of furan rings is 1. The molecular weight excluding hydrogens is 472 g/mol. The van der Waals surface area contributed by atoms with E-state index < -0.39 is 0 Å².